The molecule has 0 atom stereocenters. The van der Waals surface area contributed by atoms with E-state index in [0.29, 0.717) is 17.3 Å². The molecule has 0 aliphatic carbocycles. The summed E-state index contributed by atoms with van der Waals surface area (Å²) in [6.07, 6.45) is 1.91. The highest BCUT2D eigenvalue weighted by atomic mass is 35.5. The van der Waals surface area contributed by atoms with Crippen LogP contribution < -0.4 is 4.90 Å². The van der Waals surface area contributed by atoms with Gasteiger partial charge in [0.2, 0.25) is 0 Å². The summed E-state index contributed by atoms with van der Waals surface area (Å²) in [5, 5.41) is 1.55. The van der Waals surface area contributed by atoms with Crippen LogP contribution in [0.2, 0.25) is 5.15 Å². The highest BCUT2D eigenvalue weighted by Gasteiger charge is 2.32. The zero-order chi connectivity index (χ0) is 19.1. The third-order valence-corrected chi connectivity index (χ3v) is 5.43. The van der Waals surface area contributed by atoms with Gasteiger partial charge in [0, 0.05) is 27.6 Å². The number of carbonyl (C=O) groups excluding carboxylic acids is 1. The predicted octanol–water partition coefficient (Wildman–Crippen LogP) is 5.91. The standard InChI is InChI=1S/C24H17ClN2O/c25-23-19(17-10-4-6-12-21(17)26-23)14-20-18-11-5-7-13-22(18)27(24(20)28)15-16-8-2-1-3-9-16/h1-14,26H,15H2/b20-14+. The molecule has 2 heterocycles. The van der Waals surface area contributed by atoms with E-state index in [1.54, 1.807) is 0 Å². The summed E-state index contributed by atoms with van der Waals surface area (Å²) in [5.41, 5.74) is 5.43. The van der Waals surface area contributed by atoms with Gasteiger partial charge in [0.25, 0.3) is 5.91 Å². The molecule has 0 bridgehead atoms. The topological polar surface area (TPSA) is 36.1 Å². The molecule has 28 heavy (non-hydrogen) atoms. The van der Waals surface area contributed by atoms with Crippen molar-refractivity contribution in [1.29, 1.82) is 0 Å². The Hall–Kier alpha value is -3.30. The van der Waals surface area contributed by atoms with Crippen LogP contribution in [0.25, 0.3) is 22.6 Å². The maximum absolute atomic E-state index is 13.3. The second kappa shape index (κ2) is 6.70. The number of fused-ring (bicyclic) bond motifs is 2. The summed E-state index contributed by atoms with van der Waals surface area (Å²) < 4.78 is 0. The van der Waals surface area contributed by atoms with Gasteiger partial charge in [-0.25, -0.2) is 0 Å². The Morgan fingerprint density at radius 2 is 1.61 bits per heavy atom. The third-order valence-electron chi connectivity index (χ3n) is 5.13. The lowest BCUT2D eigenvalue weighted by molar-refractivity contribution is -0.113. The number of anilines is 1. The number of benzene rings is 3. The number of H-pyrrole nitrogens is 1. The Bertz CT molecular complexity index is 1220. The van der Waals surface area contributed by atoms with Gasteiger partial charge >= 0.3 is 0 Å². The number of para-hydroxylation sites is 2. The Labute approximate surface area is 167 Å². The summed E-state index contributed by atoms with van der Waals surface area (Å²) in [5.74, 6) is -0.00796. The Kier molecular flexibility index (Phi) is 4.03. The number of aromatic nitrogens is 1. The van der Waals surface area contributed by atoms with Crippen LogP contribution in [-0.2, 0) is 11.3 Å². The summed E-state index contributed by atoms with van der Waals surface area (Å²) in [7, 11) is 0. The van der Waals surface area contributed by atoms with Crippen LogP contribution in [0.4, 0.5) is 5.69 Å². The summed E-state index contributed by atoms with van der Waals surface area (Å²) in [4.78, 5) is 18.4. The fourth-order valence-electron chi connectivity index (χ4n) is 3.79. The molecule has 0 spiro atoms. The quantitative estimate of drug-likeness (QED) is 0.438. The first kappa shape index (κ1) is 16.8. The number of halogens is 1. The van der Waals surface area contributed by atoms with Crippen molar-refractivity contribution in [3.63, 3.8) is 0 Å². The maximum atomic E-state index is 13.3. The van der Waals surface area contributed by atoms with E-state index in [-0.39, 0.29) is 5.91 Å². The molecule has 0 radical (unpaired) electrons. The van der Waals surface area contributed by atoms with Gasteiger partial charge < -0.3 is 9.88 Å². The molecular formula is C24H17ClN2O. The van der Waals surface area contributed by atoms with E-state index in [2.05, 4.69) is 4.98 Å². The number of hydrogen-bond acceptors (Lipinski definition) is 1. The van der Waals surface area contributed by atoms with E-state index in [1.165, 1.54) is 0 Å². The molecule has 1 aliphatic rings. The lowest BCUT2D eigenvalue weighted by atomic mass is 10.0. The number of hydrogen-bond donors (Lipinski definition) is 1. The molecule has 0 fully saturated rings. The van der Waals surface area contributed by atoms with Gasteiger partial charge in [0.05, 0.1) is 12.2 Å². The molecule has 136 valence electrons. The largest absolute Gasteiger partial charge is 0.345 e. The van der Waals surface area contributed by atoms with Gasteiger partial charge in [0.15, 0.2) is 0 Å². The van der Waals surface area contributed by atoms with Crippen LogP contribution in [-0.4, -0.2) is 10.9 Å². The van der Waals surface area contributed by atoms with E-state index in [4.69, 9.17) is 11.6 Å². The van der Waals surface area contributed by atoms with Crippen LogP contribution in [0, 0.1) is 0 Å². The molecule has 1 aromatic heterocycles. The van der Waals surface area contributed by atoms with Crippen molar-refractivity contribution in [3.8, 4) is 0 Å². The molecule has 0 unspecified atom stereocenters. The lowest BCUT2D eigenvalue weighted by Crippen LogP contribution is -2.25. The highest BCUT2D eigenvalue weighted by Crippen LogP contribution is 2.40. The van der Waals surface area contributed by atoms with Crippen molar-refractivity contribution in [2.45, 2.75) is 6.54 Å². The molecule has 1 aliphatic heterocycles. The summed E-state index contributed by atoms with van der Waals surface area (Å²) in [6.45, 7) is 0.537. The van der Waals surface area contributed by atoms with Crippen LogP contribution in [0.5, 0.6) is 0 Å². The smallest absolute Gasteiger partial charge is 0.259 e. The predicted molar refractivity (Wildman–Crippen MR) is 115 cm³/mol. The van der Waals surface area contributed by atoms with Crippen molar-refractivity contribution >= 4 is 45.7 Å². The number of amides is 1. The lowest BCUT2D eigenvalue weighted by Gasteiger charge is -2.17. The Morgan fingerprint density at radius 1 is 0.893 bits per heavy atom. The van der Waals surface area contributed by atoms with Gasteiger partial charge in [-0.2, -0.15) is 0 Å². The van der Waals surface area contributed by atoms with Crippen molar-refractivity contribution in [2.24, 2.45) is 0 Å². The molecule has 0 saturated carbocycles. The van der Waals surface area contributed by atoms with E-state index in [0.717, 1.165) is 33.3 Å². The van der Waals surface area contributed by atoms with Crippen LogP contribution >= 0.6 is 11.6 Å². The zero-order valence-electron chi connectivity index (χ0n) is 15.0. The minimum absolute atomic E-state index is 0.00796. The maximum Gasteiger partial charge on any atom is 0.259 e. The van der Waals surface area contributed by atoms with E-state index < -0.39 is 0 Å². The molecule has 1 amide bonds. The van der Waals surface area contributed by atoms with Gasteiger partial charge in [0.1, 0.15) is 5.15 Å². The first-order valence-electron chi connectivity index (χ1n) is 9.15. The average Bonchev–Trinajstić information content (AvgIpc) is 3.18. The molecule has 1 N–H and O–H groups in total. The van der Waals surface area contributed by atoms with Gasteiger partial charge in [-0.05, 0) is 23.8 Å². The first-order chi connectivity index (χ1) is 13.7. The van der Waals surface area contributed by atoms with E-state index >= 15 is 0 Å². The monoisotopic (exact) mass is 384 g/mol. The zero-order valence-corrected chi connectivity index (χ0v) is 15.8. The van der Waals surface area contributed by atoms with Gasteiger partial charge in [-0.1, -0.05) is 78.3 Å². The Morgan fingerprint density at radius 3 is 2.46 bits per heavy atom. The minimum Gasteiger partial charge on any atom is -0.345 e. The molecule has 0 saturated heterocycles. The Balaban J connectivity index is 1.63. The number of nitrogens with one attached hydrogen (secondary N) is 1. The fraction of sp³-hybridized carbons (Fsp3) is 0.0417. The molecule has 4 heteroatoms. The van der Waals surface area contributed by atoms with Crippen molar-refractivity contribution < 1.29 is 4.79 Å². The first-order valence-corrected chi connectivity index (χ1v) is 9.53. The van der Waals surface area contributed by atoms with Crippen LogP contribution in [0.1, 0.15) is 16.7 Å². The second-order valence-corrected chi connectivity index (χ2v) is 7.23. The van der Waals surface area contributed by atoms with Gasteiger partial charge in [-0.3, -0.25) is 4.79 Å². The number of aromatic amines is 1. The summed E-state index contributed by atoms with van der Waals surface area (Å²) in [6, 6.07) is 25.9. The number of nitrogens with zero attached hydrogens (tertiary/aromatic N) is 1. The molecule has 3 nitrogen and oxygen atoms in total. The fourth-order valence-corrected chi connectivity index (χ4v) is 4.04. The van der Waals surface area contributed by atoms with E-state index in [9.17, 15) is 4.79 Å². The van der Waals surface area contributed by atoms with Crippen molar-refractivity contribution in [2.75, 3.05) is 4.90 Å². The van der Waals surface area contributed by atoms with Crippen LogP contribution in [0.3, 0.4) is 0 Å². The number of rotatable bonds is 3. The SMILES string of the molecule is O=C1/C(=C/c2c(Cl)[nH]c3ccccc23)c2ccccc2N1Cc1ccccc1. The highest BCUT2D eigenvalue weighted by molar-refractivity contribution is 6.38. The third kappa shape index (κ3) is 2.72. The molecular weight excluding hydrogens is 368 g/mol. The van der Waals surface area contributed by atoms with Crippen molar-refractivity contribution in [1.82, 2.24) is 4.98 Å². The van der Waals surface area contributed by atoms with Crippen molar-refractivity contribution in [3.05, 3.63) is 101 Å². The molecule has 4 aromatic rings. The van der Waals surface area contributed by atoms with E-state index in [1.807, 2.05) is 89.8 Å². The van der Waals surface area contributed by atoms with Crippen LogP contribution in [0.15, 0.2) is 78.9 Å². The van der Waals surface area contributed by atoms with Gasteiger partial charge in [-0.15, -0.1) is 0 Å². The molecule has 5 rings (SSSR count). The second-order valence-electron chi connectivity index (χ2n) is 6.85. The normalized spacial score (nSPS) is 14.8. The minimum atomic E-state index is -0.00796. The molecule has 3 aromatic carbocycles. The average molecular weight is 385 g/mol. The summed E-state index contributed by atoms with van der Waals surface area (Å²) >= 11 is 6.46. The number of carbonyl (C=O) groups is 1.